The number of alkyl halides is 4. The number of halogens is 4. The maximum Gasteiger partial charge on any atom is 0.461 e. The van der Waals surface area contributed by atoms with Gasteiger partial charge in [0.15, 0.2) is 0 Å². The zero-order valence-corrected chi connectivity index (χ0v) is 23.2. The summed E-state index contributed by atoms with van der Waals surface area (Å²) in [5.41, 5.74) is 6.97. The summed E-state index contributed by atoms with van der Waals surface area (Å²) in [6.07, 6.45) is -3.25. The minimum atomic E-state index is -4.59. The lowest BCUT2D eigenvalue weighted by atomic mass is 10.2. The smallest absolute Gasteiger partial charge is 0.428 e. The Morgan fingerprint density at radius 3 is 2.30 bits per heavy atom. The highest BCUT2D eigenvalue weighted by atomic mass is 19.3. The van der Waals surface area contributed by atoms with Crippen molar-refractivity contribution in [2.24, 2.45) is 5.73 Å². The molecule has 4 N–H and O–H groups in total. The molecule has 0 aliphatic heterocycles. The number of hydrogen-bond acceptors (Lipinski definition) is 9. The first-order chi connectivity index (χ1) is 19.0. The molecule has 2 aromatic heterocycles. The Labute approximate surface area is 232 Å². The second-order valence-electron chi connectivity index (χ2n) is 9.34. The van der Waals surface area contributed by atoms with Gasteiger partial charge in [-0.1, -0.05) is 6.07 Å². The molecule has 3 rings (SSSR count). The normalized spacial score (nSPS) is 11.4. The molecule has 0 radical (unpaired) electrons. The Kier molecular flexibility index (Phi) is 13.5. The lowest BCUT2D eigenvalue weighted by Crippen LogP contribution is -2.33. The summed E-state index contributed by atoms with van der Waals surface area (Å²) in [7, 11) is 8.13. The lowest BCUT2D eigenvalue weighted by molar-refractivity contribution is -0.253. The van der Waals surface area contributed by atoms with Crippen molar-refractivity contribution in [3.63, 3.8) is 0 Å². The van der Waals surface area contributed by atoms with Crippen LogP contribution < -0.4 is 21.1 Å². The van der Waals surface area contributed by atoms with Crippen LogP contribution in [0.3, 0.4) is 0 Å². The molecule has 0 saturated carbocycles. The number of aromatic nitrogens is 3. The zero-order chi connectivity index (χ0) is 29.5. The number of pyridine rings is 1. The van der Waals surface area contributed by atoms with Gasteiger partial charge in [-0.15, -0.1) is 0 Å². The van der Waals surface area contributed by atoms with E-state index in [0.29, 0.717) is 17.2 Å². The van der Waals surface area contributed by atoms with Crippen molar-refractivity contribution in [1.82, 2.24) is 24.8 Å². The van der Waals surface area contributed by atoms with Crippen LogP contribution in [0.25, 0.3) is 11.3 Å². The maximum absolute atomic E-state index is 13.2. The average molecular weight is 567 g/mol. The van der Waals surface area contributed by atoms with Gasteiger partial charge < -0.3 is 30.9 Å². The van der Waals surface area contributed by atoms with Crippen LogP contribution in [0.1, 0.15) is 12.8 Å². The Balaban J connectivity index is 0.000000708. The third kappa shape index (κ3) is 12.1. The van der Waals surface area contributed by atoms with Crippen LogP contribution in [0.15, 0.2) is 54.9 Å². The summed E-state index contributed by atoms with van der Waals surface area (Å²) < 4.78 is 55.2. The maximum atomic E-state index is 13.2. The van der Waals surface area contributed by atoms with Crippen molar-refractivity contribution < 1.29 is 22.3 Å². The molecule has 0 spiro atoms. The van der Waals surface area contributed by atoms with E-state index in [2.05, 4.69) is 54.2 Å². The fourth-order valence-electron chi connectivity index (χ4n) is 3.25. The third-order valence-electron chi connectivity index (χ3n) is 5.21. The molecule has 220 valence electrons. The Morgan fingerprint density at radius 1 is 0.950 bits per heavy atom. The summed E-state index contributed by atoms with van der Waals surface area (Å²) in [6, 6.07) is 10.6. The molecule has 0 aliphatic carbocycles. The Morgan fingerprint density at radius 2 is 1.65 bits per heavy atom. The number of nitrogens with zero attached hydrogens (tertiary/aromatic N) is 5. The van der Waals surface area contributed by atoms with Gasteiger partial charge in [0.1, 0.15) is 11.6 Å². The summed E-state index contributed by atoms with van der Waals surface area (Å²) >= 11 is 0. The first kappa shape index (κ1) is 32.7. The zero-order valence-electron chi connectivity index (χ0n) is 23.2. The highest BCUT2D eigenvalue weighted by molar-refractivity contribution is 5.65. The molecule has 1 aromatic carbocycles. The summed E-state index contributed by atoms with van der Waals surface area (Å²) in [5, 5.41) is 6.14. The van der Waals surface area contributed by atoms with E-state index in [1.54, 1.807) is 30.6 Å². The van der Waals surface area contributed by atoms with Crippen LogP contribution in [0.2, 0.25) is 0 Å². The van der Waals surface area contributed by atoms with E-state index >= 15 is 0 Å². The second-order valence-corrected chi connectivity index (χ2v) is 9.34. The van der Waals surface area contributed by atoms with E-state index in [9.17, 15) is 17.6 Å². The predicted molar refractivity (Wildman–Crippen MR) is 150 cm³/mol. The van der Waals surface area contributed by atoms with Gasteiger partial charge >= 0.3 is 12.5 Å². The molecule has 0 fully saturated rings. The summed E-state index contributed by atoms with van der Waals surface area (Å²) in [5.74, 6) is 0.493. The average Bonchev–Trinajstić information content (AvgIpc) is 2.90. The van der Waals surface area contributed by atoms with Crippen molar-refractivity contribution in [1.29, 1.82) is 0 Å². The van der Waals surface area contributed by atoms with Crippen LogP contribution in [0.5, 0.6) is 5.75 Å². The van der Waals surface area contributed by atoms with E-state index in [1.165, 1.54) is 6.07 Å². The van der Waals surface area contributed by atoms with Crippen LogP contribution in [-0.4, -0.2) is 91.7 Å². The van der Waals surface area contributed by atoms with Gasteiger partial charge in [0.2, 0.25) is 5.95 Å². The van der Waals surface area contributed by atoms with Crippen molar-refractivity contribution in [3.05, 3.63) is 54.9 Å². The van der Waals surface area contributed by atoms with Crippen LogP contribution in [-0.2, 0) is 0 Å². The molecule has 0 unspecified atom stereocenters. The van der Waals surface area contributed by atoms with Crippen molar-refractivity contribution in [3.8, 4) is 17.0 Å². The first-order valence-electron chi connectivity index (χ1n) is 12.7. The van der Waals surface area contributed by atoms with Gasteiger partial charge in [0.05, 0.1) is 5.69 Å². The largest absolute Gasteiger partial charge is 0.461 e. The highest BCUT2D eigenvalue weighted by Crippen LogP contribution is 2.29. The number of hydrogen-bond donors (Lipinski definition) is 3. The van der Waals surface area contributed by atoms with Crippen LogP contribution in [0, 0.1) is 0 Å². The molecule has 40 heavy (non-hydrogen) atoms. The van der Waals surface area contributed by atoms with Gasteiger partial charge in [0.25, 0.3) is 0 Å². The first-order valence-corrected chi connectivity index (χ1v) is 12.7. The quantitative estimate of drug-likeness (QED) is 0.188. The molecule has 3 aromatic rings. The molecule has 0 aliphatic rings. The van der Waals surface area contributed by atoms with Gasteiger partial charge in [-0.2, -0.15) is 17.6 Å². The number of benzene rings is 1. The number of nitrogens with two attached hydrogens (primary N) is 1. The van der Waals surface area contributed by atoms with Gasteiger partial charge in [0, 0.05) is 36.3 Å². The fourth-order valence-corrected chi connectivity index (χ4v) is 3.25. The standard InChI is InChI=1S/C22H24F4N6O.C5H14N2/c1-32(2)12-4-9-27-19-13-15(7-10-28-19)18-8-11-29-21(31-18)30-16-5-3-6-17(14-16)33-22(25,26)20(23)24;1-7(2)5-3-4-6/h3,5-8,10-11,13-14,20H,4,9,12H2,1-2H3,(H,27,28)(H,29,30,31);3-6H2,1-2H3. The second kappa shape index (κ2) is 16.5. The Bertz CT molecular complexity index is 1150. The predicted octanol–water partition coefficient (Wildman–Crippen LogP) is 4.78. The van der Waals surface area contributed by atoms with Gasteiger partial charge in [-0.05, 0) is 91.0 Å². The topological polar surface area (TPSA) is 104 Å². The summed E-state index contributed by atoms with van der Waals surface area (Å²) in [6.45, 7) is 3.64. The van der Waals surface area contributed by atoms with E-state index in [-0.39, 0.29) is 5.95 Å². The molecule has 0 atom stereocenters. The van der Waals surface area contributed by atoms with Crippen molar-refractivity contribution >= 4 is 17.5 Å². The SMILES string of the molecule is CN(C)CCCN.CN(C)CCCNc1cc(-c2ccnc(Nc3cccc(OC(F)(F)C(F)F)c3)n2)ccn1. The number of anilines is 3. The van der Waals surface area contributed by atoms with Crippen LogP contribution >= 0.6 is 0 Å². The highest BCUT2D eigenvalue weighted by Gasteiger charge is 2.44. The van der Waals surface area contributed by atoms with E-state index < -0.39 is 18.3 Å². The number of rotatable bonds is 14. The summed E-state index contributed by atoms with van der Waals surface area (Å²) in [4.78, 5) is 17.1. The minimum Gasteiger partial charge on any atom is -0.428 e. The van der Waals surface area contributed by atoms with Crippen molar-refractivity contribution in [2.75, 3.05) is 65.0 Å². The van der Waals surface area contributed by atoms with E-state index in [4.69, 9.17) is 5.73 Å². The molecule has 13 heteroatoms. The lowest BCUT2D eigenvalue weighted by Gasteiger charge is -2.17. The number of nitrogens with one attached hydrogen (secondary N) is 2. The van der Waals surface area contributed by atoms with E-state index in [1.807, 2.05) is 20.2 Å². The molecule has 2 heterocycles. The van der Waals surface area contributed by atoms with Crippen molar-refractivity contribution in [2.45, 2.75) is 25.4 Å². The van der Waals surface area contributed by atoms with E-state index in [0.717, 1.165) is 56.7 Å². The molecule has 0 saturated heterocycles. The fraction of sp³-hybridized carbons (Fsp3) is 0.444. The molecular formula is C27H38F4N8O. The number of ether oxygens (including phenoxy) is 1. The van der Waals surface area contributed by atoms with Gasteiger partial charge in [-0.25, -0.2) is 15.0 Å². The minimum absolute atomic E-state index is 0.197. The third-order valence-corrected chi connectivity index (χ3v) is 5.21. The van der Waals surface area contributed by atoms with Gasteiger partial charge in [-0.3, -0.25) is 0 Å². The Hall–Kier alpha value is -3.55. The molecule has 0 bridgehead atoms. The molecule has 9 nitrogen and oxygen atoms in total. The molecular weight excluding hydrogens is 528 g/mol. The molecule has 0 amide bonds. The van der Waals surface area contributed by atoms with Crippen LogP contribution in [0.4, 0.5) is 35.0 Å². The monoisotopic (exact) mass is 566 g/mol.